The molecule has 0 radical (unpaired) electrons. The summed E-state index contributed by atoms with van der Waals surface area (Å²) < 4.78 is 0. The van der Waals surface area contributed by atoms with Crippen molar-refractivity contribution in [3.63, 3.8) is 0 Å². The Balaban J connectivity index is 2.64. The highest BCUT2D eigenvalue weighted by Crippen LogP contribution is 2.12. The highest BCUT2D eigenvalue weighted by Gasteiger charge is 2.20. The van der Waals surface area contributed by atoms with Crippen LogP contribution < -0.4 is 0 Å². The number of hydrogen-bond acceptors (Lipinski definition) is 3. The summed E-state index contributed by atoms with van der Waals surface area (Å²) in [5, 5.41) is 0. The quantitative estimate of drug-likeness (QED) is 0.387. The van der Waals surface area contributed by atoms with Crippen LogP contribution in [0.5, 0.6) is 0 Å². The molecule has 3 heteroatoms. The molecule has 0 aliphatic heterocycles. The molecule has 0 saturated heterocycles. The number of rotatable bonds is 3. The summed E-state index contributed by atoms with van der Waals surface area (Å²) in [7, 11) is 0. The summed E-state index contributed by atoms with van der Waals surface area (Å²) in [5.74, 6) is -0.149. The summed E-state index contributed by atoms with van der Waals surface area (Å²) in [6, 6.07) is 0. The van der Waals surface area contributed by atoms with E-state index in [0.29, 0.717) is 0 Å². The van der Waals surface area contributed by atoms with Crippen molar-refractivity contribution < 1.29 is 9.59 Å². The first-order valence-electron chi connectivity index (χ1n) is 4.58. The number of carbonyl (C=O) groups is 2. The minimum Gasteiger partial charge on any atom is -0.294 e. The van der Waals surface area contributed by atoms with E-state index in [9.17, 15) is 9.59 Å². The molecule has 0 heterocycles. The Bertz CT molecular complexity index is 337. The zero-order valence-corrected chi connectivity index (χ0v) is 8.36. The number of nitrogens with zero attached hydrogens (tertiary/aromatic N) is 1. The Morgan fingerprint density at radius 3 is 2.71 bits per heavy atom. The van der Waals surface area contributed by atoms with E-state index in [0.717, 1.165) is 0 Å². The molecule has 0 spiro atoms. The van der Waals surface area contributed by atoms with Crippen LogP contribution in [0.25, 0.3) is 0 Å². The number of hydrogen-bond donors (Lipinski definition) is 0. The molecule has 0 saturated carbocycles. The molecule has 0 bridgehead atoms. The topological polar surface area (TPSA) is 46.5 Å². The number of carbonyl (C=O) groups excluding carboxylic acids is 2. The van der Waals surface area contributed by atoms with Gasteiger partial charge in [-0.15, -0.1) is 0 Å². The first-order chi connectivity index (χ1) is 6.63. The predicted molar refractivity (Wildman–Crippen MR) is 55.2 cm³/mol. The lowest BCUT2D eigenvalue weighted by Crippen LogP contribution is -1.97. The van der Waals surface area contributed by atoms with Gasteiger partial charge in [0.2, 0.25) is 0 Å². The standard InChI is InChI=1S/C11H13NO2/c1-3-4-8(2)7-12-10-5-9(13)6-11(10)14/h3-5,7-8H,6H2,1-2H3/b4-3-,12-7?. The van der Waals surface area contributed by atoms with E-state index in [1.807, 2.05) is 26.0 Å². The molecule has 1 aliphatic carbocycles. The summed E-state index contributed by atoms with van der Waals surface area (Å²) in [4.78, 5) is 26.0. The fourth-order valence-electron chi connectivity index (χ4n) is 1.19. The van der Waals surface area contributed by atoms with E-state index in [2.05, 4.69) is 4.99 Å². The summed E-state index contributed by atoms with van der Waals surface area (Å²) >= 11 is 0. The molecule has 3 nitrogen and oxygen atoms in total. The summed E-state index contributed by atoms with van der Waals surface area (Å²) in [6.45, 7) is 3.89. The van der Waals surface area contributed by atoms with Gasteiger partial charge in [0.25, 0.3) is 0 Å². The van der Waals surface area contributed by atoms with Gasteiger partial charge in [0.05, 0.1) is 6.42 Å². The molecule has 14 heavy (non-hydrogen) atoms. The highest BCUT2D eigenvalue weighted by atomic mass is 16.2. The largest absolute Gasteiger partial charge is 0.294 e. The van der Waals surface area contributed by atoms with Gasteiger partial charge in [0, 0.05) is 18.2 Å². The number of Topliss-reactive ketones (excluding diaryl/α,β-unsaturated/α-hetero) is 1. The van der Waals surface area contributed by atoms with Crippen molar-refractivity contribution in [2.45, 2.75) is 20.3 Å². The zero-order valence-electron chi connectivity index (χ0n) is 8.36. The molecule has 1 rings (SSSR count). The van der Waals surface area contributed by atoms with E-state index in [4.69, 9.17) is 0 Å². The molecule has 1 unspecified atom stereocenters. The first-order valence-corrected chi connectivity index (χ1v) is 4.58. The van der Waals surface area contributed by atoms with Crippen LogP contribution in [0.3, 0.4) is 0 Å². The Morgan fingerprint density at radius 1 is 1.50 bits per heavy atom. The van der Waals surface area contributed by atoms with Crippen LogP contribution in [0.4, 0.5) is 0 Å². The van der Waals surface area contributed by atoms with Gasteiger partial charge in [0.15, 0.2) is 11.6 Å². The van der Waals surface area contributed by atoms with Gasteiger partial charge in [-0.25, -0.2) is 0 Å². The summed E-state index contributed by atoms with van der Waals surface area (Å²) in [5.41, 5.74) is 0.284. The van der Waals surface area contributed by atoms with Gasteiger partial charge in [-0.2, -0.15) is 0 Å². The van der Waals surface area contributed by atoms with E-state index in [-0.39, 0.29) is 29.6 Å². The minimum atomic E-state index is -0.182. The lowest BCUT2D eigenvalue weighted by Gasteiger charge is -1.95. The average molecular weight is 191 g/mol. The van der Waals surface area contributed by atoms with Crippen molar-refractivity contribution in [2.24, 2.45) is 10.9 Å². The molecular formula is C11H13NO2. The third-order valence-electron chi connectivity index (χ3n) is 1.86. The lowest BCUT2D eigenvalue weighted by molar-refractivity contribution is -0.120. The lowest BCUT2D eigenvalue weighted by atomic mass is 10.2. The van der Waals surface area contributed by atoms with Gasteiger partial charge in [0.1, 0.15) is 5.70 Å². The maximum atomic E-state index is 11.1. The monoisotopic (exact) mass is 191 g/mol. The molecule has 74 valence electrons. The number of allylic oxidation sites excluding steroid dienone is 4. The SMILES string of the molecule is C/C=C\C(C)C=NC1=CC(=O)CC1=O. The number of ketones is 2. The van der Waals surface area contributed by atoms with Crippen LogP contribution in [0.2, 0.25) is 0 Å². The third kappa shape index (κ3) is 2.76. The molecule has 1 atom stereocenters. The van der Waals surface area contributed by atoms with E-state index in [1.54, 1.807) is 6.21 Å². The van der Waals surface area contributed by atoms with Crippen LogP contribution in [0.15, 0.2) is 28.9 Å². The maximum absolute atomic E-state index is 11.1. The van der Waals surface area contributed by atoms with E-state index < -0.39 is 0 Å². The Kier molecular flexibility index (Phi) is 3.51. The van der Waals surface area contributed by atoms with Crippen LogP contribution in [-0.4, -0.2) is 17.8 Å². The molecule has 0 aromatic carbocycles. The predicted octanol–water partition coefficient (Wildman–Crippen LogP) is 1.70. The third-order valence-corrected chi connectivity index (χ3v) is 1.86. The van der Waals surface area contributed by atoms with E-state index in [1.165, 1.54) is 6.08 Å². The van der Waals surface area contributed by atoms with Crippen molar-refractivity contribution in [1.29, 1.82) is 0 Å². The fourth-order valence-corrected chi connectivity index (χ4v) is 1.19. The Hall–Kier alpha value is -1.51. The smallest absolute Gasteiger partial charge is 0.188 e. The van der Waals surface area contributed by atoms with Crippen LogP contribution in [0.1, 0.15) is 20.3 Å². The normalized spacial score (nSPS) is 19.7. The van der Waals surface area contributed by atoms with Crippen LogP contribution in [0, 0.1) is 5.92 Å². The summed E-state index contributed by atoms with van der Waals surface area (Å²) in [6.07, 6.45) is 6.84. The van der Waals surface area contributed by atoms with Crippen molar-refractivity contribution in [1.82, 2.24) is 0 Å². The van der Waals surface area contributed by atoms with Crippen molar-refractivity contribution in [3.8, 4) is 0 Å². The first kappa shape index (κ1) is 10.6. The van der Waals surface area contributed by atoms with Gasteiger partial charge in [-0.05, 0) is 6.92 Å². The molecule has 0 fully saturated rings. The highest BCUT2D eigenvalue weighted by molar-refractivity contribution is 6.19. The molecule has 0 aromatic heterocycles. The van der Waals surface area contributed by atoms with Crippen LogP contribution >= 0.6 is 0 Å². The molecule has 0 N–H and O–H groups in total. The molecule has 1 aliphatic rings. The number of aliphatic imine (C=N–C) groups is 1. The van der Waals surface area contributed by atoms with Gasteiger partial charge in [-0.1, -0.05) is 19.1 Å². The average Bonchev–Trinajstić information content (AvgIpc) is 2.42. The van der Waals surface area contributed by atoms with Crippen molar-refractivity contribution in [2.75, 3.05) is 0 Å². The van der Waals surface area contributed by atoms with Gasteiger partial charge >= 0.3 is 0 Å². The Morgan fingerprint density at radius 2 is 2.21 bits per heavy atom. The second-order valence-corrected chi connectivity index (χ2v) is 3.26. The zero-order chi connectivity index (χ0) is 10.6. The van der Waals surface area contributed by atoms with Crippen molar-refractivity contribution in [3.05, 3.63) is 23.9 Å². The molecular weight excluding hydrogens is 178 g/mol. The van der Waals surface area contributed by atoms with Gasteiger partial charge < -0.3 is 0 Å². The fraction of sp³-hybridized carbons (Fsp3) is 0.364. The van der Waals surface area contributed by atoms with Crippen LogP contribution in [-0.2, 0) is 9.59 Å². The maximum Gasteiger partial charge on any atom is 0.188 e. The Labute approximate surface area is 83.2 Å². The van der Waals surface area contributed by atoms with E-state index >= 15 is 0 Å². The minimum absolute atomic E-state index is 0.0231. The van der Waals surface area contributed by atoms with Gasteiger partial charge in [-0.3, -0.25) is 14.6 Å². The second kappa shape index (κ2) is 4.65. The molecule has 0 aromatic rings. The second-order valence-electron chi connectivity index (χ2n) is 3.26. The van der Waals surface area contributed by atoms with Crippen molar-refractivity contribution >= 4 is 17.8 Å². The molecule has 0 amide bonds.